The highest BCUT2D eigenvalue weighted by Gasteiger charge is 2.63. The van der Waals surface area contributed by atoms with Crippen LogP contribution in [0.1, 0.15) is 175 Å². The number of epoxide rings is 1. The van der Waals surface area contributed by atoms with Gasteiger partial charge in [0.25, 0.3) is 0 Å². The molecule has 14 atom stereocenters. The molecule has 14 nitrogen and oxygen atoms in total. The monoisotopic (exact) mass is 1030 g/mol. The van der Waals surface area contributed by atoms with Crippen LogP contribution < -0.4 is 5.32 Å². The average molecular weight is 1030 g/mol. The van der Waals surface area contributed by atoms with Gasteiger partial charge in [-0.3, -0.25) is 19.2 Å². The second-order valence-electron chi connectivity index (χ2n) is 23.7. The average Bonchev–Trinajstić information content (AvgIpc) is 3.82. The second kappa shape index (κ2) is 22.3. The molecule has 3 saturated heterocycles. The topological polar surface area (TPSA) is 218 Å². The van der Waals surface area contributed by atoms with E-state index >= 15 is 0 Å². The van der Waals surface area contributed by atoms with Crippen LogP contribution in [0.25, 0.3) is 12.2 Å². The lowest BCUT2D eigenvalue weighted by Crippen LogP contribution is -2.47. The van der Waals surface area contributed by atoms with Gasteiger partial charge in [0.1, 0.15) is 22.7 Å². The van der Waals surface area contributed by atoms with Crippen molar-refractivity contribution in [1.82, 2.24) is 15.3 Å². The summed E-state index contributed by atoms with van der Waals surface area (Å²) in [5.74, 6) is -3.18. The molecule has 1 amide bonds. The molecule has 2 aromatic heterocycles. The Morgan fingerprint density at radius 2 is 1.41 bits per heavy atom. The molecule has 5 N–H and O–H groups in total. The van der Waals surface area contributed by atoms with Gasteiger partial charge < -0.3 is 40.0 Å². The summed E-state index contributed by atoms with van der Waals surface area (Å²) in [5, 5.41) is 54.5. The summed E-state index contributed by atoms with van der Waals surface area (Å²) in [6.07, 6.45) is 4.12. The lowest BCUT2D eigenvalue weighted by atomic mass is 9.72. The summed E-state index contributed by atoms with van der Waals surface area (Å²) in [6, 6.07) is -0.597. The standard InChI is InChI=1S/C55H83N3O11S2/c1-30-16-14-18-53(12)29-55(53,66)25-39(58-44(61)23-41(59)51(8,9)49(64)34(5)47(30)63)32(3)20-38-28-71-45(57-38)26-67-48-31(2)17-15-19-54(13)43(69-54)22-40(33(4)21-37-27-70-36(7)56-37)68-46(62)24-42(60)52(10,11)50(65)35(48)6/h20-21,27-28,30-31,34-35,39-43,47-48,59-60,63,66H,14-19,22-26,29H2,1-13H3,(H,58,61). The van der Waals surface area contributed by atoms with E-state index in [9.17, 15) is 39.6 Å². The number of carbonyl (C=O) groups excluding carboxylic acids is 4. The molecule has 6 rings (SSSR count). The van der Waals surface area contributed by atoms with Crippen LogP contribution in [0, 0.1) is 46.8 Å². The van der Waals surface area contributed by atoms with Crippen LogP contribution in [-0.2, 0) is 40.0 Å². The van der Waals surface area contributed by atoms with Crippen LogP contribution in [0.15, 0.2) is 21.9 Å². The third-order valence-electron chi connectivity index (χ3n) is 17.1. The van der Waals surface area contributed by atoms with Crippen LogP contribution in [0.2, 0.25) is 0 Å². The first kappa shape index (κ1) is 57.1. The van der Waals surface area contributed by atoms with E-state index < -0.39 is 82.3 Å². The molecule has 396 valence electrons. The number of aliphatic hydroxyl groups is 4. The van der Waals surface area contributed by atoms with Crippen LogP contribution >= 0.6 is 22.7 Å². The quantitative estimate of drug-likeness (QED) is 0.130. The predicted octanol–water partition coefficient (Wildman–Crippen LogP) is 8.74. The van der Waals surface area contributed by atoms with E-state index in [0.717, 1.165) is 54.0 Å². The van der Waals surface area contributed by atoms with Crippen LogP contribution in [0.5, 0.6) is 0 Å². The number of Topliss-reactive ketones (excluding diaryl/α,β-unsaturated/α-hetero) is 2. The number of thiazole rings is 2. The van der Waals surface area contributed by atoms with E-state index in [1.165, 1.54) is 11.3 Å². The molecule has 14 unspecified atom stereocenters. The van der Waals surface area contributed by atoms with Crippen molar-refractivity contribution in [3.05, 3.63) is 43.3 Å². The van der Waals surface area contributed by atoms with Crippen molar-refractivity contribution in [1.29, 1.82) is 0 Å². The van der Waals surface area contributed by atoms with Gasteiger partial charge in [-0.05, 0) is 100 Å². The van der Waals surface area contributed by atoms with Gasteiger partial charge in [0.05, 0.1) is 94.4 Å². The highest BCUT2D eigenvalue weighted by atomic mass is 32.1. The van der Waals surface area contributed by atoms with Crippen molar-refractivity contribution in [2.45, 2.75) is 221 Å². The van der Waals surface area contributed by atoms with Crippen molar-refractivity contribution in [2.75, 3.05) is 0 Å². The van der Waals surface area contributed by atoms with E-state index in [-0.39, 0.29) is 60.8 Å². The summed E-state index contributed by atoms with van der Waals surface area (Å²) >= 11 is 2.95. The lowest BCUT2D eigenvalue weighted by molar-refractivity contribution is -0.155. The summed E-state index contributed by atoms with van der Waals surface area (Å²) in [4.78, 5) is 64.8. The zero-order valence-electron chi connectivity index (χ0n) is 44.5. The molecule has 1 saturated carbocycles. The van der Waals surface area contributed by atoms with E-state index in [1.807, 2.05) is 57.5 Å². The summed E-state index contributed by atoms with van der Waals surface area (Å²) < 4.78 is 19.0. The number of rotatable bonds is 7. The minimum Gasteiger partial charge on any atom is -0.458 e. The Hall–Kier alpha value is -3.22. The molecule has 1 aliphatic carbocycles. The first-order valence-corrected chi connectivity index (χ1v) is 27.6. The Kier molecular flexibility index (Phi) is 17.9. The molecule has 0 aromatic carbocycles. The Morgan fingerprint density at radius 1 is 0.817 bits per heavy atom. The highest BCUT2D eigenvalue weighted by Crippen LogP contribution is 2.62. The van der Waals surface area contributed by atoms with Gasteiger partial charge in [-0.25, -0.2) is 9.97 Å². The van der Waals surface area contributed by atoms with Crippen molar-refractivity contribution in [3.63, 3.8) is 0 Å². The number of aromatic nitrogens is 2. The SMILES string of the molecule is CC(=Cc1csc(COC2C(C)CCCC3(C)OC3CC(C(C)=Cc3csc(C)n3)OC(=O)CC(O)C(C)(C)C(=O)C2C)n1)C1CC2(O)CC2(C)CCCC(C)C(O)C(C)C(=O)C(C)(C)C(O)CC(=O)N1. The summed E-state index contributed by atoms with van der Waals surface area (Å²) in [6.45, 7) is 24.1. The summed E-state index contributed by atoms with van der Waals surface area (Å²) in [7, 11) is 0. The fourth-order valence-corrected chi connectivity index (χ4v) is 12.5. The molecular formula is C55H83N3O11S2. The van der Waals surface area contributed by atoms with E-state index in [4.69, 9.17) is 19.2 Å². The number of carbonyl (C=O) groups is 4. The molecule has 0 bridgehead atoms. The number of ether oxygens (including phenoxy) is 3. The van der Waals surface area contributed by atoms with Gasteiger partial charge in [-0.1, -0.05) is 75.2 Å². The third-order valence-corrected chi connectivity index (χ3v) is 18.7. The number of aryl methyl sites for hydroxylation is 1. The first-order chi connectivity index (χ1) is 33.0. The Balaban J connectivity index is 1.17. The number of fused-ring (bicyclic) bond motifs is 2. The van der Waals surface area contributed by atoms with Crippen LogP contribution in [0.4, 0.5) is 0 Å². The Bertz CT molecular complexity index is 2300. The first-order valence-electron chi connectivity index (χ1n) is 25.9. The molecule has 0 spiro atoms. The zero-order chi connectivity index (χ0) is 52.6. The van der Waals surface area contributed by atoms with Crippen molar-refractivity contribution < 1.29 is 53.8 Å². The molecule has 2 aromatic rings. The fourth-order valence-electron chi connectivity index (χ4n) is 11.3. The highest BCUT2D eigenvalue weighted by molar-refractivity contribution is 7.10. The normalized spacial score (nSPS) is 38.4. The molecule has 4 aliphatic rings. The number of nitrogens with zero attached hydrogens (tertiary/aromatic N) is 2. The Morgan fingerprint density at radius 3 is 2.07 bits per heavy atom. The van der Waals surface area contributed by atoms with Crippen molar-refractivity contribution >= 4 is 58.3 Å². The smallest absolute Gasteiger partial charge is 0.309 e. The molecule has 71 heavy (non-hydrogen) atoms. The number of cyclic esters (lactones) is 1. The minimum atomic E-state index is -1.31. The number of nitrogens with one attached hydrogen (secondary N) is 1. The van der Waals surface area contributed by atoms with Gasteiger partial charge in [0, 0.05) is 35.4 Å². The van der Waals surface area contributed by atoms with E-state index in [1.54, 1.807) is 46.0 Å². The molecule has 3 aliphatic heterocycles. The fraction of sp³-hybridized carbons (Fsp3) is 0.745. The van der Waals surface area contributed by atoms with E-state index in [0.29, 0.717) is 30.0 Å². The number of ketones is 2. The molecule has 16 heteroatoms. The maximum absolute atomic E-state index is 14.5. The number of hydrogen-bond acceptors (Lipinski definition) is 15. The number of esters is 1. The van der Waals surface area contributed by atoms with Gasteiger partial charge in [0.2, 0.25) is 5.91 Å². The second-order valence-corrected chi connectivity index (χ2v) is 25.7. The van der Waals surface area contributed by atoms with Crippen LogP contribution in [-0.4, -0.2) is 108 Å². The summed E-state index contributed by atoms with van der Waals surface area (Å²) in [5.41, 5.74) is -1.41. The third kappa shape index (κ3) is 13.4. The van der Waals surface area contributed by atoms with Gasteiger partial charge in [-0.2, -0.15) is 0 Å². The zero-order valence-corrected chi connectivity index (χ0v) is 46.1. The molecule has 0 radical (unpaired) electrons. The van der Waals surface area contributed by atoms with Gasteiger partial charge in [0.15, 0.2) is 0 Å². The maximum atomic E-state index is 14.5. The predicted molar refractivity (Wildman–Crippen MR) is 276 cm³/mol. The van der Waals surface area contributed by atoms with Crippen molar-refractivity contribution in [2.24, 2.45) is 39.9 Å². The number of hydrogen-bond donors (Lipinski definition) is 5. The largest absolute Gasteiger partial charge is 0.458 e. The Labute approximate surface area is 429 Å². The number of amides is 1. The van der Waals surface area contributed by atoms with E-state index in [2.05, 4.69) is 31.1 Å². The molecule has 4 fully saturated rings. The molecule has 5 heterocycles. The molecular weight excluding hydrogens is 943 g/mol. The van der Waals surface area contributed by atoms with Crippen LogP contribution in [0.3, 0.4) is 0 Å². The van der Waals surface area contributed by atoms with Gasteiger partial charge in [-0.15, -0.1) is 22.7 Å². The maximum Gasteiger partial charge on any atom is 0.309 e. The van der Waals surface area contributed by atoms with Gasteiger partial charge >= 0.3 is 5.97 Å². The number of aliphatic hydroxyl groups excluding tert-OH is 3. The minimum absolute atomic E-state index is 0.0617. The van der Waals surface area contributed by atoms with Crippen molar-refractivity contribution in [3.8, 4) is 0 Å². The lowest BCUT2D eigenvalue weighted by Gasteiger charge is -2.36.